The van der Waals surface area contributed by atoms with E-state index in [2.05, 4.69) is 27.3 Å². The molecule has 6 nitrogen and oxygen atoms in total. The van der Waals surface area contributed by atoms with E-state index >= 15 is 0 Å². The number of piperazine rings is 1. The van der Waals surface area contributed by atoms with Crippen LogP contribution in [-0.2, 0) is 6.54 Å². The molecular weight excluding hydrogens is 354 g/mol. The molecule has 1 saturated heterocycles. The molecule has 6 heteroatoms. The summed E-state index contributed by atoms with van der Waals surface area (Å²) in [5.41, 5.74) is 2.17. The zero-order chi connectivity index (χ0) is 19.3. The van der Waals surface area contributed by atoms with Crippen LogP contribution >= 0.6 is 0 Å². The average molecular weight is 379 g/mol. The molecule has 146 valence electrons. The molecule has 0 radical (unpaired) electrons. The van der Waals surface area contributed by atoms with Crippen molar-refractivity contribution in [3.05, 3.63) is 66.2 Å². The maximum absolute atomic E-state index is 6.04. The van der Waals surface area contributed by atoms with Crippen LogP contribution in [0.2, 0.25) is 0 Å². The van der Waals surface area contributed by atoms with Gasteiger partial charge < -0.3 is 19.2 Å². The zero-order valence-electron chi connectivity index (χ0n) is 16.2. The predicted molar refractivity (Wildman–Crippen MR) is 108 cm³/mol. The molecule has 1 aromatic heterocycles. The van der Waals surface area contributed by atoms with Crippen LogP contribution in [0.25, 0.3) is 11.3 Å². The molecule has 1 atom stereocenters. The highest BCUT2D eigenvalue weighted by molar-refractivity contribution is 5.57. The molecule has 1 unspecified atom stereocenters. The Labute approximate surface area is 165 Å². The van der Waals surface area contributed by atoms with Crippen LogP contribution in [0.15, 0.2) is 59.1 Å². The Kier molecular flexibility index (Phi) is 5.60. The van der Waals surface area contributed by atoms with Crippen LogP contribution < -0.4 is 14.8 Å². The normalized spacial score (nSPS) is 17.4. The van der Waals surface area contributed by atoms with Gasteiger partial charge in [0, 0.05) is 30.8 Å². The number of oxazole rings is 1. The van der Waals surface area contributed by atoms with Gasteiger partial charge in [0.1, 0.15) is 11.5 Å². The number of hydrogen-bond donors (Lipinski definition) is 1. The summed E-state index contributed by atoms with van der Waals surface area (Å²) in [6.45, 7) is 3.38. The molecule has 0 aliphatic carbocycles. The second kappa shape index (κ2) is 8.46. The number of aromatic nitrogens is 1. The minimum atomic E-state index is 0.209. The molecule has 4 rings (SSSR count). The van der Waals surface area contributed by atoms with Gasteiger partial charge in [0.25, 0.3) is 0 Å². The van der Waals surface area contributed by atoms with Crippen molar-refractivity contribution < 1.29 is 13.9 Å². The van der Waals surface area contributed by atoms with Crippen molar-refractivity contribution in [1.82, 2.24) is 15.2 Å². The van der Waals surface area contributed by atoms with Crippen molar-refractivity contribution in [3.8, 4) is 22.8 Å². The third kappa shape index (κ3) is 3.88. The molecule has 2 aromatic carbocycles. The SMILES string of the molecule is COc1ccc(-c2cnc(CN3CCNCC3c3ccccc3OC)o2)cc1. The minimum absolute atomic E-state index is 0.209. The zero-order valence-corrected chi connectivity index (χ0v) is 16.2. The molecule has 1 aliphatic heterocycles. The third-order valence-electron chi connectivity index (χ3n) is 5.12. The maximum atomic E-state index is 6.04. The van der Waals surface area contributed by atoms with E-state index < -0.39 is 0 Å². The molecule has 1 aliphatic rings. The Balaban J connectivity index is 1.53. The summed E-state index contributed by atoms with van der Waals surface area (Å²) in [5, 5.41) is 3.48. The van der Waals surface area contributed by atoms with Crippen LogP contribution in [0, 0.1) is 0 Å². The molecule has 28 heavy (non-hydrogen) atoms. The molecule has 0 amide bonds. The number of para-hydroxylation sites is 1. The summed E-state index contributed by atoms with van der Waals surface area (Å²) in [5.74, 6) is 3.21. The molecule has 2 heterocycles. The van der Waals surface area contributed by atoms with Crippen molar-refractivity contribution in [2.45, 2.75) is 12.6 Å². The van der Waals surface area contributed by atoms with E-state index in [1.807, 2.05) is 36.4 Å². The van der Waals surface area contributed by atoms with Gasteiger partial charge in [-0.1, -0.05) is 18.2 Å². The van der Waals surface area contributed by atoms with Gasteiger partial charge >= 0.3 is 0 Å². The van der Waals surface area contributed by atoms with E-state index in [9.17, 15) is 0 Å². The van der Waals surface area contributed by atoms with Crippen molar-refractivity contribution in [2.24, 2.45) is 0 Å². The molecule has 3 aromatic rings. The van der Waals surface area contributed by atoms with Crippen LogP contribution in [0.5, 0.6) is 11.5 Å². The van der Waals surface area contributed by atoms with Gasteiger partial charge in [-0.15, -0.1) is 0 Å². The molecule has 0 bridgehead atoms. The molecule has 1 fully saturated rings. The summed E-state index contributed by atoms with van der Waals surface area (Å²) >= 11 is 0. The average Bonchev–Trinajstić information content (AvgIpc) is 3.23. The van der Waals surface area contributed by atoms with Gasteiger partial charge in [0.05, 0.1) is 33.0 Å². The fourth-order valence-electron chi connectivity index (χ4n) is 3.63. The first-order valence-corrected chi connectivity index (χ1v) is 9.45. The smallest absolute Gasteiger partial charge is 0.209 e. The number of nitrogens with zero attached hydrogens (tertiary/aromatic N) is 2. The van der Waals surface area contributed by atoms with Gasteiger partial charge in [-0.25, -0.2) is 4.98 Å². The van der Waals surface area contributed by atoms with Crippen LogP contribution in [0.3, 0.4) is 0 Å². The largest absolute Gasteiger partial charge is 0.497 e. The van der Waals surface area contributed by atoms with Crippen molar-refractivity contribution in [2.75, 3.05) is 33.9 Å². The van der Waals surface area contributed by atoms with Gasteiger partial charge in [-0.3, -0.25) is 4.90 Å². The minimum Gasteiger partial charge on any atom is -0.497 e. The van der Waals surface area contributed by atoms with Gasteiger partial charge in [0.15, 0.2) is 5.76 Å². The van der Waals surface area contributed by atoms with Crippen LogP contribution in [0.1, 0.15) is 17.5 Å². The Morgan fingerprint density at radius 3 is 2.71 bits per heavy atom. The molecule has 1 N–H and O–H groups in total. The first kappa shape index (κ1) is 18.5. The van der Waals surface area contributed by atoms with E-state index in [0.29, 0.717) is 12.4 Å². The van der Waals surface area contributed by atoms with Crippen LogP contribution in [0.4, 0.5) is 0 Å². The molecule has 0 saturated carbocycles. The number of ether oxygens (including phenoxy) is 2. The monoisotopic (exact) mass is 379 g/mol. The summed E-state index contributed by atoms with van der Waals surface area (Å²) in [7, 11) is 3.38. The summed E-state index contributed by atoms with van der Waals surface area (Å²) in [4.78, 5) is 6.90. The lowest BCUT2D eigenvalue weighted by Crippen LogP contribution is -2.45. The lowest BCUT2D eigenvalue weighted by molar-refractivity contribution is 0.138. The topological polar surface area (TPSA) is 59.8 Å². The van der Waals surface area contributed by atoms with Crippen molar-refractivity contribution >= 4 is 0 Å². The van der Waals surface area contributed by atoms with Gasteiger partial charge in [0.2, 0.25) is 5.89 Å². The quantitative estimate of drug-likeness (QED) is 0.707. The Morgan fingerprint density at radius 2 is 1.93 bits per heavy atom. The summed E-state index contributed by atoms with van der Waals surface area (Å²) in [6.07, 6.45) is 1.79. The Bertz CT molecular complexity index is 907. The van der Waals surface area contributed by atoms with Gasteiger partial charge in [-0.05, 0) is 30.3 Å². The maximum Gasteiger partial charge on any atom is 0.209 e. The second-order valence-corrected chi connectivity index (χ2v) is 6.78. The number of methoxy groups -OCH3 is 2. The van der Waals surface area contributed by atoms with E-state index in [-0.39, 0.29) is 6.04 Å². The summed E-state index contributed by atoms with van der Waals surface area (Å²) < 4.78 is 16.8. The van der Waals surface area contributed by atoms with Crippen molar-refractivity contribution in [1.29, 1.82) is 0 Å². The van der Waals surface area contributed by atoms with Gasteiger partial charge in [-0.2, -0.15) is 0 Å². The molecular formula is C22H25N3O3. The standard InChI is InChI=1S/C22H25N3O3/c1-26-17-9-7-16(8-10-17)21-14-24-22(28-21)15-25-12-11-23-13-19(25)18-5-3-4-6-20(18)27-2/h3-10,14,19,23H,11-13,15H2,1-2H3. The third-order valence-corrected chi connectivity index (χ3v) is 5.12. The number of nitrogens with one attached hydrogen (secondary N) is 1. The lowest BCUT2D eigenvalue weighted by Gasteiger charge is -2.36. The van der Waals surface area contributed by atoms with E-state index in [0.717, 1.165) is 42.5 Å². The van der Waals surface area contributed by atoms with E-state index in [4.69, 9.17) is 13.9 Å². The number of hydrogen-bond acceptors (Lipinski definition) is 6. The molecule has 0 spiro atoms. The highest BCUT2D eigenvalue weighted by Gasteiger charge is 2.27. The Morgan fingerprint density at radius 1 is 1.11 bits per heavy atom. The number of rotatable bonds is 6. The highest BCUT2D eigenvalue weighted by Crippen LogP contribution is 2.31. The fraction of sp³-hybridized carbons (Fsp3) is 0.318. The van der Waals surface area contributed by atoms with E-state index in [1.165, 1.54) is 5.56 Å². The Hall–Kier alpha value is -2.83. The van der Waals surface area contributed by atoms with E-state index in [1.54, 1.807) is 20.4 Å². The highest BCUT2D eigenvalue weighted by atomic mass is 16.5. The first-order valence-electron chi connectivity index (χ1n) is 9.45. The number of benzene rings is 2. The lowest BCUT2D eigenvalue weighted by atomic mass is 10.0. The van der Waals surface area contributed by atoms with Crippen molar-refractivity contribution in [3.63, 3.8) is 0 Å². The van der Waals surface area contributed by atoms with Crippen LogP contribution in [-0.4, -0.2) is 43.7 Å². The summed E-state index contributed by atoms with van der Waals surface area (Å²) in [6, 6.07) is 16.2. The fourth-order valence-corrected chi connectivity index (χ4v) is 3.63. The first-order chi connectivity index (χ1) is 13.8. The second-order valence-electron chi connectivity index (χ2n) is 6.78. The predicted octanol–water partition coefficient (Wildman–Crippen LogP) is 3.51.